The van der Waals surface area contributed by atoms with E-state index in [4.69, 9.17) is 9.47 Å². The van der Waals surface area contributed by atoms with Gasteiger partial charge in [0.2, 0.25) is 11.8 Å². The standard InChI is InChI=1S/C29H36N2O6/c1-3-4-8-15-30-16-9-14-29-22(23-27(35)36-17-10-13-28(23,2)37-29)25(33)31(24(29)26(30)34)21(19-32)18-20-11-6-5-7-12-20/h5-7,9-14,21-24,32H,3-4,8,15-19H2,1-2H3/t21-,22+,23-,24?,28+,29+/m1/s1. The summed E-state index contributed by atoms with van der Waals surface area (Å²) in [5.74, 6) is -2.89. The number of esters is 1. The van der Waals surface area contributed by atoms with Crippen LogP contribution in [0, 0.1) is 11.8 Å². The Labute approximate surface area is 217 Å². The van der Waals surface area contributed by atoms with Gasteiger partial charge in [0.1, 0.15) is 24.2 Å². The Balaban J connectivity index is 1.60. The summed E-state index contributed by atoms with van der Waals surface area (Å²) < 4.78 is 12.2. The Kier molecular flexibility index (Phi) is 6.98. The Morgan fingerprint density at radius 3 is 2.57 bits per heavy atom. The number of hydrogen-bond acceptors (Lipinski definition) is 6. The molecule has 1 unspecified atom stereocenters. The number of carbonyl (C=O) groups is 3. The lowest BCUT2D eigenvalue weighted by atomic mass is 9.75. The highest BCUT2D eigenvalue weighted by Gasteiger charge is 2.75. The molecule has 1 N–H and O–H groups in total. The maximum absolute atomic E-state index is 14.3. The number of aliphatic hydroxyl groups excluding tert-OH is 1. The number of likely N-dealkylation sites (tertiary alicyclic amines) is 1. The lowest BCUT2D eigenvalue weighted by molar-refractivity contribution is -0.159. The van der Waals surface area contributed by atoms with E-state index in [1.807, 2.05) is 42.5 Å². The summed E-state index contributed by atoms with van der Waals surface area (Å²) in [4.78, 5) is 45.1. The number of unbranched alkanes of at least 4 members (excludes halogenated alkanes) is 2. The highest BCUT2D eigenvalue weighted by atomic mass is 16.6. The SMILES string of the molecule is CCCCCN1CC=C[C@]23O[C@@]4(C)C=CCOC(=O)[C@H]4[C@H]2C(=O)N([C@@H](CO)Cc2ccccc2)C3C1=O. The Bertz CT molecular complexity index is 1100. The number of fused-ring (bicyclic) bond motifs is 2. The van der Waals surface area contributed by atoms with Crippen LogP contribution in [0.15, 0.2) is 54.6 Å². The third kappa shape index (κ3) is 4.20. The highest BCUT2D eigenvalue weighted by Crippen LogP contribution is 2.57. The van der Waals surface area contributed by atoms with Crippen LogP contribution in [0.5, 0.6) is 0 Å². The van der Waals surface area contributed by atoms with Crippen molar-refractivity contribution in [2.24, 2.45) is 11.8 Å². The van der Waals surface area contributed by atoms with Crippen LogP contribution < -0.4 is 0 Å². The molecule has 1 spiro atoms. The number of ether oxygens (including phenoxy) is 2. The molecule has 0 aromatic heterocycles. The number of rotatable bonds is 8. The fourth-order valence-corrected chi connectivity index (χ4v) is 6.63. The van der Waals surface area contributed by atoms with E-state index in [1.54, 1.807) is 24.0 Å². The molecule has 2 fully saturated rings. The minimum absolute atomic E-state index is 0.114. The summed E-state index contributed by atoms with van der Waals surface area (Å²) in [5.41, 5.74) is -1.48. The van der Waals surface area contributed by atoms with Crippen LogP contribution in [-0.4, -0.2) is 82.3 Å². The minimum atomic E-state index is -1.34. The Morgan fingerprint density at radius 2 is 1.84 bits per heavy atom. The molecular weight excluding hydrogens is 472 g/mol. The molecule has 2 amide bonds. The van der Waals surface area contributed by atoms with Crippen molar-refractivity contribution in [3.05, 3.63) is 60.2 Å². The van der Waals surface area contributed by atoms with E-state index in [-0.39, 0.29) is 25.0 Å². The summed E-state index contributed by atoms with van der Waals surface area (Å²) in [6, 6.07) is 7.95. The number of carbonyl (C=O) groups excluding carboxylic acids is 3. The number of amides is 2. The van der Waals surface area contributed by atoms with Crippen molar-refractivity contribution in [3.8, 4) is 0 Å². The number of aliphatic hydroxyl groups is 1. The molecule has 1 aromatic rings. The molecular formula is C29H36N2O6. The lowest BCUT2D eigenvalue weighted by Crippen LogP contribution is -2.59. The quantitative estimate of drug-likeness (QED) is 0.329. The largest absolute Gasteiger partial charge is 0.461 e. The van der Waals surface area contributed by atoms with Gasteiger partial charge in [-0.3, -0.25) is 14.4 Å². The molecule has 8 nitrogen and oxygen atoms in total. The first-order chi connectivity index (χ1) is 17.9. The van der Waals surface area contributed by atoms with E-state index in [0.717, 1.165) is 24.8 Å². The number of benzene rings is 1. The average molecular weight is 509 g/mol. The van der Waals surface area contributed by atoms with E-state index in [1.165, 1.54) is 4.90 Å². The van der Waals surface area contributed by atoms with Gasteiger partial charge < -0.3 is 24.4 Å². The van der Waals surface area contributed by atoms with Crippen LogP contribution in [0.3, 0.4) is 0 Å². The zero-order valence-corrected chi connectivity index (χ0v) is 21.5. The van der Waals surface area contributed by atoms with Crippen molar-refractivity contribution in [3.63, 3.8) is 0 Å². The molecule has 8 heteroatoms. The first kappa shape index (κ1) is 25.7. The minimum Gasteiger partial charge on any atom is -0.461 e. The predicted octanol–water partition coefficient (Wildman–Crippen LogP) is 2.26. The Hall–Kier alpha value is -2.97. The Morgan fingerprint density at radius 1 is 1.05 bits per heavy atom. The smallest absolute Gasteiger partial charge is 0.313 e. The van der Waals surface area contributed by atoms with Crippen molar-refractivity contribution in [1.82, 2.24) is 9.80 Å². The van der Waals surface area contributed by atoms with E-state index in [9.17, 15) is 19.5 Å². The van der Waals surface area contributed by atoms with Gasteiger partial charge in [-0.25, -0.2) is 0 Å². The van der Waals surface area contributed by atoms with Crippen LogP contribution in [0.2, 0.25) is 0 Å². The first-order valence-corrected chi connectivity index (χ1v) is 13.3. The third-order valence-corrected chi connectivity index (χ3v) is 8.28. The van der Waals surface area contributed by atoms with Gasteiger partial charge in [-0.05, 0) is 31.4 Å². The van der Waals surface area contributed by atoms with Crippen molar-refractivity contribution < 1.29 is 29.0 Å². The normalized spacial score (nSPS) is 33.5. The monoisotopic (exact) mass is 508 g/mol. The van der Waals surface area contributed by atoms with Crippen molar-refractivity contribution >= 4 is 17.8 Å². The summed E-state index contributed by atoms with van der Waals surface area (Å²) in [6.07, 6.45) is 10.5. The maximum Gasteiger partial charge on any atom is 0.313 e. The molecule has 0 bridgehead atoms. The predicted molar refractivity (Wildman–Crippen MR) is 136 cm³/mol. The van der Waals surface area contributed by atoms with Gasteiger partial charge in [0.15, 0.2) is 0 Å². The van der Waals surface area contributed by atoms with Crippen LogP contribution in [0.25, 0.3) is 0 Å². The second-order valence-corrected chi connectivity index (χ2v) is 10.7. The summed E-state index contributed by atoms with van der Waals surface area (Å²) in [6.45, 7) is 4.67. The fraction of sp³-hybridized carbons (Fsp3) is 0.552. The molecule has 4 aliphatic rings. The molecule has 2 saturated heterocycles. The molecule has 0 saturated carbocycles. The molecule has 6 atom stereocenters. The van der Waals surface area contributed by atoms with E-state index in [0.29, 0.717) is 19.5 Å². The maximum atomic E-state index is 14.3. The van der Waals surface area contributed by atoms with Crippen molar-refractivity contribution in [2.45, 2.75) is 62.8 Å². The van der Waals surface area contributed by atoms with Crippen molar-refractivity contribution in [1.29, 1.82) is 0 Å². The third-order valence-electron chi connectivity index (χ3n) is 8.28. The molecule has 1 aromatic carbocycles. The molecule has 4 heterocycles. The summed E-state index contributed by atoms with van der Waals surface area (Å²) >= 11 is 0. The molecule has 198 valence electrons. The van der Waals surface area contributed by atoms with Crippen LogP contribution >= 0.6 is 0 Å². The molecule has 0 radical (unpaired) electrons. The first-order valence-electron chi connectivity index (χ1n) is 13.3. The van der Waals surface area contributed by atoms with E-state index >= 15 is 0 Å². The second-order valence-electron chi connectivity index (χ2n) is 10.7. The fourth-order valence-electron chi connectivity index (χ4n) is 6.63. The van der Waals surface area contributed by atoms with Crippen LogP contribution in [-0.2, 0) is 30.3 Å². The van der Waals surface area contributed by atoms with Crippen molar-refractivity contribution in [2.75, 3.05) is 26.3 Å². The average Bonchev–Trinajstić information content (AvgIpc) is 3.16. The molecule has 4 aliphatic heterocycles. The zero-order valence-electron chi connectivity index (χ0n) is 21.5. The summed E-state index contributed by atoms with van der Waals surface area (Å²) in [7, 11) is 0. The van der Waals surface area contributed by atoms with Gasteiger partial charge in [-0.2, -0.15) is 0 Å². The number of hydrogen-bond donors (Lipinski definition) is 1. The molecule has 0 aliphatic carbocycles. The van der Waals surface area contributed by atoms with Gasteiger partial charge in [-0.15, -0.1) is 0 Å². The van der Waals surface area contributed by atoms with E-state index < -0.39 is 41.1 Å². The van der Waals surface area contributed by atoms with Gasteiger partial charge in [0, 0.05) is 13.1 Å². The number of cyclic esters (lactones) is 1. The zero-order chi connectivity index (χ0) is 26.2. The topological polar surface area (TPSA) is 96.4 Å². The van der Waals surface area contributed by atoms with Gasteiger partial charge in [-0.1, -0.05) is 68.3 Å². The van der Waals surface area contributed by atoms with Gasteiger partial charge >= 0.3 is 5.97 Å². The summed E-state index contributed by atoms with van der Waals surface area (Å²) in [5, 5.41) is 10.5. The molecule has 5 rings (SSSR count). The number of nitrogens with zero attached hydrogens (tertiary/aromatic N) is 2. The lowest BCUT2D eigenvalue weighted by Gasteiger charge is -2.40. The van der Waals surface area contributed by atoms with Gasteiger partial charge in [0.05, 0.1) is 24.2 Å². The second kappa shape index (κ2) is 10.1. The molecule has 37 heavy (non-hydrogen) atoms. The van der Waals surface area contributed by atoms with E-state index in [2.05, 4.69) is 6.92 Å². The van der Waals surface area contributed by atoms with Gasteiger partial charge in [0.25, 0.3) is 0 Å². The highest BCUT2D eigenvalue weighted by molar-refractivity contribution is 5.99. The van der Waals surface area contributed by atoms with Crippen LogP contribution in [0.4, 0.5) is 0 Å². The van der Waals surface area contributed by atoms with Crippen LogP contribution in [0.1, 0.15) is 38.7 Å².